The molecule has 0 aliphatic carbocycles. The highest BCUT2D eigenvalue weighted by Gasteiger charge is 2.21. The maximum Gasteiger partial charge on any atom is 0.408 e. The minimum Gasteiger partial charge on any atom is -0.466 e. The molecule has 0 saturated carbocycles. The molecule has 0 rings (SSSR count). The molecule has 0 saturated heterocycles. The van der Waals surface area contributed by atoms with E-state index in [1.807, 2.05) is 0 Å². The lowest BCUT2D eigenvalue weighted by molar-refractivity contribution is -0.144. The number of alkyl carbamates (subject to hydrolysis) is 1. The number of nitrogens with one attached hydrogen (secondary N) is 2. The number of Topliss-reactive ketones (excluding diaryl/α,β-unsaturated/α-hetero) is 1. The maximum absolute atomic E-state index is 11.9. The van der Waals surface area contributed by atoms with Crippen molar-refractivity contribution in [2.75, 3.05) is 13.2 Å². The summed E-state index contributed by atoms with van der Waals surface area (Å²) in [6, 6.07) is -0.847. The molecule has 0 aromatic carbocycles. The first-order chi connectivity index (χ1) is 12.5. The number of carbonyl (C=O) groups is 4. The number of ether oxygens (including phenoxy) is 2. The van der Waals surface area contributed by atoms with Gasteiger partial charge in [-0.15, -0.1) is 0 Å². The predicted octanol–water partition coefficient (Wildman–Crippen LogP) is 2.49. The fourth-order valence-electron chi connectivity index (χ4n) is 2.01. The van der Waals surface area contributed by atoms with Crippen LogP contribution in [0.4, 0.5) is 4.79 Å². The van der Waals surface area contributed by atoms with Crippen LogP contribution in [0.15, 0.2) is 0 Å². The van der Waals surface area contributed by atoms with Crippen molar-refractivity contribution < 1.29 is 28.7 Å². The number of ketones is 1. The summed E-state index contributed by atoms with van der Waals surface area (Å²) in [5, 5.41) is 4.82. The van der Waals surface area contributed by atoms with Gasteiger partial charge in [0.15, 0.2) is 5.78 Å². The lowest BCUT2D eigenvalue weighted by atomic mass is 10.2. The van der Waals surface area contributed by atoms with Crippen LogP contribution >= 0.6 is 0 Å². The van der Waals surface area contributed by atoms with Crippen LogP contribution in [0.5, 0.6) is 0 Å². The smallest absolute Gasteiger partial charge is 0.408 e. The van der Waals surface area contributed by atoms with Gasteiger partial charge in [-0.2, -0.15) is 0 Å². The van der Waals surface area contributed by atoms with Gasteiger partial charge in [0.05, 0.1) is 19.6 Å². The Balaban J connectivity index is 3.94. The molecule has 0 unspecified atom stereocenters. The minimum absolute atomic E-state index is 0.00193. The average molecular weight is 386 g/mol. The summed E-state index contributed by atoms with van der Waals surface area (Å²) >= 11 is 0. The van der Waals surface area contributed by atoms with Crippen molar-refractivity contribution in [1.29, 1.82) is 0 Å². The van der Waals surface area contributed by atoms with Gasteiger partial charge in [0, 0.05) is 6.42 Å². The second-order valence-electron chi connectivity index (χ2n) is 7.41. The van der Waals surface area contributed by atoms with Gasteiger partial charge >= 0.3 is 12.1 Å². The Bertz CT molecular complexity index is 499. The van der Waals surface area contributed by atoms with Crippen LogP contribution in [0, 0.1) is 0 Å². The van der Waals surface area contributed by atoms with E-state index in [1.54, 1.807) is 20.8 Å². The molecule has 0 fully saturated rings. The van der Waals surface area contributed by atoms with Gasteiger partial charge in [0.2, 0.25) is 5.91 Å². The van der Waals surface area contributed by atoms with Gasteiger partial charge in [-0.25, -0.2) is 4.79 Å². The number of hydrogen-bond acceptors (Lipinski definition) is 6. The number of unbranched alkanes of at least 4 members (excludes halogenated alkanes) is 3. The van der Waals surface area contributed by atoms with E-state index in [1.165, 1.54) is 6.92 Å². The summed E-state index contributed by atoms with van der Waals surface area (Å²) in [4.78, 5) is 46.8. The quantitative estimate of drug-likeness (QED) is 0.394. The maximum atomic E-state index is 11.9. The van der Waals surface area contributed by atoms with Crippen molar-refractivity contribution in [1.82, 2.24) is 10.6 Å². The molecule has 0 heterocycles. The Morgan fingerprint density at radius 2 is 1.67 bits per heavy atom. The highest BCUT2D eigenvalue weighted by molar-refractivity contribution is 5.90. The second-order valence-corrected chi connectivity index (χ2v) is 7.41. The first kappa shape index (κ1) is 24.9. The van der Waals surface area contributed by atoms with Gasteiger partial charge < -0.3 is 20.1 Å². The van der Waals surface area contributed by atoms with E-state index in [-0.39, 0.29) is 25.2 Å². The number of amides is 2. The standard InChI is InChI=1S/C19H34N2O6/c1-6-7-8-9-12-26-16(23)11-10-15(22)13-20-17(24)14(2)21-18(25)27-19(3,4)5/h14H,6-13H2,1-5H3,(H,20,24)(H,21,25)/t14-/m0/s1. The van der Waals surface area contributed by atoms with Crippen molar-refractivity contribution in [2.45, 2.75) is 84.8 Å². The van der Waals surface area contributed by atoms with E-state index in [0.717, 1.165) is 25.7 Å². The van der Waals surface area contributed by atoms with Crippen molar-refractivity contribution in [3.63, 3.8) is 0 Å². The van der Waals surface area contributed by atoms with Crippen LogP contribution in [-0.2, 0) is 23.9 Å². The van der Waals surface area contributed by atoms with Crippen molar-refractivity contribution in [2.24, 2.45) is 0 Å². The zero-order valence-electron chi connectivity index (χ0n) is 17.2. The summed E-state index contributed by atoms with van der Waals surface area (Å²) in [5.41, 5.74) is -0.666. The van der Waals surface area contributed by atoms with E-state index in [2.05, 4.69) is 17.6 Å². The molecule has 1 atom stereocenters. The third kappa shape index (κ3) is 14.7. The highest BCUT2D eigenvalue weighted by Crippen LogP contribution is 2.06. The van der Waals surface area contributed by atoms with E-state index in [9.17, 15) is 19.2 Å². The lowest BCUT2D eigenvalue weighted by Gasteiger charge is -2.21. The van der Waals surface area contributed by atoms with Crippen LogP contribution < -0.4 is 10.6 Å². The SMILES string of the molecule is CCCCCCOC(=O)CCC(=O)CNC(=O)[C@H](C)NC(=O)OC(C)(C)C. The molecule has 0 spiro atoms. The molecule has 27 heavy (non-hydrogen) atoms. The monoisotopic (exact) mass is 386 g/mol. The Morgan fingerprint density at radius 1 is 1.00 bits per heavy atom. The van der Waals surface area contributed by atoms with Gasteiger partial charge in [-0.05, 0) is 34.1 Å². The number of carbonyl (C=O) groups excluding carboxylic acids is 4. The fourth-order valence-corrected chi connectivity index (χ4v) is 2.01. The normalized spacial score (nSPS) is 12.0. The molecule has 0 aromatic rings. The van der Waals surface area contributed by atoms with Crippen molar-refractivity contribution >= 4 is 23.8 Å². The Kier molecular flexibility index (Phi) is 12.1. The zero-order valence-corrected chi connectivity index (χ0v) is 17.2. The second kappa shape index (κ2) is 13.1. The van der Waals surface area contributed by atoms with Crippen LogP contribution in [0.3, 0.4) is 0 Å². The molecule has 0 aromatic heterocycles. The molecule has 0 bridgehead atoms. The molecule has 8 nitrogen and oxygen atoms in total. The summed E-state index contributed by atoms with van der Waals surface area (Å²) in [6.07, 6.45) is 3.35. The molecule has 0 aliphatic heterocycles. The summed E-state index contributed by atoms with van der Waals surface area (Å²) in [7, 11) is 0. The van der Waals surface area contributed by atoms with E-state index < -0.39 is 29.6 Å². The predicted molar refractivity (Wildman–Crippen MR) is 101 cm³/mol. The first-order valence-electron chi connectivity index (χ1n) is 9.49. The van der Waals surface area contributed by atoms with Crippen LogP contribution in [-0.4, -0.2) is 48.5 Å². The Labute approximate surface area is 161 Å². The average Bonchev–Trinajstić information content (AvgIpc) is 2.55. The largest absolute Gasteiger partial charge is 0.466 e. The highest BCUT2D eigenvalue weighted by atomic mass is 16.6. The molecule has 2 amide bonds. The lowest BCUT2D eigenvalue weighted by Crippen LogP contribution is -2.47. The summed E-state index contributed by atoms with van der Waals surface area (Å²) < 4.78 is 10.1. The van der Waals surface area contributed by atoms with Gasteiger partial charge in [-0.3, -0.25) is 14.4 Å². The minimum atomic E-state index is -0.847. The Hall–Kier alpha value is -2.12. The fraction of sp³-hybridized carbons (Fsp3) is 0.789. The molecule has 156 valence electrons. The Morgan fingerprint density at radius 3 is 2.26 bits per heavy atom. The topological polar surface area (TPSA) is 111 Å². The van der Waals surface area contributed by atoms with Gasteiger partial charge in [0.1, 0.15) is 11.6 Å². The van der Waals surface area contributed by atoms with Crippen LogP contribution in [0.25, 0.3) is 0 Å². The van der Waals surface area contributed by atoms with Gasteiger partial charge in [-0.1, -0.05) is 26.2 Å². The summed E-state index contributed by atoms with van der Waals surface area (Å²) in [5.74, 6) is -1.20. The molecule has 0 radical (unpaired) electrons. The zero-order chi connectivity index (χ0) is 20.9. The van der Waals surface area contributed by atoms with Crippen molar-refractivity contribution in [3.8, 4) is 0 Å². The van der Waals surface area contributed by atoms with E-state index >= 15 is 0 Å². The molecule has 8 heteroatoms. The molecule has 2 N–H and O–H groups in total. The summed E-state index contributed by atoms with van der Waals surface area (Å²) in [6.45, 7) is 8.90. The van der Waals surface area contributed by atoms with E-state index in [4.69, 9.17) is 9.47 Å². The van der Waals surface area contributed by atoms with Crippen molar-refractivity contribution in [3.05, 3.63) is 0 Å². The van der Waals surface area contributed by atoms with Crippen LogP contribution in [0.1, 0.15) is 73.1 Å². The van der Waals surface area contributed by atoms with Crippen LogP contribution in [0.2, 0.25) is 0 Å². The molecule has 0 aliphatic rings. The molecular formula is C19H34N2O6. The third-order valence-corrected chi connectivity index (χ3v) is 3.46. The first-order valence-corrected chi connectivity index (χ1v) is 9.49. The third-order valence-electron chi connectivity index (χ3n) is 3.46. The number of hydrogen-bond donors (Lipinski definition) is 2. The number of rotatable bonds is 12. The molecular weight excluding hydrogens is 352 g/mol. The van der Waals surface area contributed by atoms with E-state index in [0.29, 0.717) is 6.61 Å². The number of esters is 1. The van der Waals surface area contributed by atoms with Gasteiger partial charge in [0.25, 0.3) is 0 Å².